The van der Waals surface area contributed by atoms with Crippen LogP contribution < -0.4 is 29.4 Å². The van der Waals surface area contributed by atoms with Crippen molar-refractivity contribution in [1.29, 1.82) is 0 Å². The molecule has 654 valence electrons. The average molecular weight is 2080 g/mol. The van der Waals surface area contributed by atoms with Crippen molar-refractivity contribution in [2.45, 2.75) is 274 Å². The Hall–Kier alpha value is 7.27. The van der Waals surface area contributed by atoms with Gasteiger partial charge >= 0.3 is 0 Å². The van der Waals surface area contributed by atoms with Gasteiger partial charge in [0.25, 0.3) is 39.1 Å². The Kier molecular flexibility index (Phi) is 543. The van der Waals surface area contributed by atoms with Crippen LogP contribution in [0.5, 0.6) is 0 Å². The van der Waals surface area contributed by atoms with Crippen molar-refractivity contribution in [1.82, 2.24) is 0 Å². The molecule has 0 aromatic heterocycles. The van der Waals surface area contributed by atoms with Gasteiger partial charge in [-0.3, -0.25) is 22.8 Å². The summed E-state index contributed by atoms with van der Waals surface area (Å²) in [6.07, 6.45) is 9.98. The van der Waals surface area contributed by atoms with E-state index >= 15 is 0 Å². The van der Waals surface area contributed by atoms with E-state index in [1.54, 1.807) is 111 Å². The second-order valence-corrected chi connectivity index (χ2v) is 21.9. The third kappa shape index (κ3) is 443. The molecule has 0 bridgehead atoms. The fraction of sp³-hybridized carbons (Fsp3) is 0.800. The van der Waals surface area contributed by atoms with Gasteiger partial charge in [0.05, 0.1) is 38.6 Å². The molecule has 6 radical (unpaired) electrons. The van der Waals surface area contributed by atoms with Crippen LogP contribution in [0.1, 0.15) is 262 Å². The van der Waals surface area contributed by atoms with Crippen molar-refractivity contribution in [3.8, 4) is 0 Å². The van der Waals surface area contributed by atoms with Gasteiger partial charge < -0.3 is 180 Å². The molecule has 0 spiro atoms. The summed E-state index contributed by atoms with van der Waals surface area (Å²) >= 11 is 0. The summed E-state index contributed by atoms with van der Waals surface area (Å²) in [6, 6.07) is 0. The first-order valence-corrected chi connectivity index (χ1v) is 37.5. The van der Waals surface area contributed by atoms with E-state index in [9.17, 15) is 52.2 Å². The summed E-state index contributed by atoms with van der Waals surface area (Å²) in [5.74, 6) is 0. The minimum Gasteiger partial charge on any atom is -0.789 e. The Morgan fingerprint density at radius 1 is 0.304 bits per heavy atom. The first-order valence-electron chi connectivity index (χ1n) is 28.5. The van der Waals surface area contributed by atoms with Gasteiger partial charge in [-0.25, -0.2) is 0 Å². The molecule has 0 fully saturated rings. The average Bonchev–Trinajstić information content (AvgIpc) is 3.44. The van der Waals surface area contributed by atoms with Crippen LogP contribution in [-0.2, 0) is 273 Å². The third-order valence-corrected chi connectivity index (χ3v) is 9.98. The molecular formula is C65H178O25P6Y6-18. The predicted octanol–water partition coefficient (Wildman–Crippen LogP) is 20.5. The summed E-state index contributed by atoms with van der Waals surface area (Å²) in [4.78, 5) is 62.2. The molecular weight excluding hydrogens is 1900 g/mol. The van der Waals surface area contributed by atoms with Gasteiger partial charge in [0.1, 0.15) is 0 Å². The standard InChI is InChI=1S/C5H13O4P.C4H11O4P.C4H10O3P.3C3H9O4P.6C3H8.C2H6O.6C2H5.CH4O.4CH4.6CH3.6Y/c1-4-8-10(6,7)9-5(2)3;1-4(2)8-9(5,6)7-3;1-4-7-8(3,5)6-2;3*1-3-7-8(4,5)6-2;6*1-3-2;1-2-3;7*1-2;;;;;;;;;;;;;;;;/h5H,4H2,1-3H3,(H,6,7);4H,1-3H3,(H,5,6);3-4H2,1-2H3;3*3H2,1-2H3,(H,4,5);6*3H2,1-2H3;3H,2H2,1H3;6*1H2,2H3;2H,1H3;4*1H4;6*1H3;;;;;;/q;;-1;;;;;;;;;;;6*-1;;;;;;6*-1;;;;;;/p-5. The SMILES string of the molecule is C.C.C.C.C=P([O-])(OC)OCC.CCC.CCC.CCC.CCC.CCC.CCC.CCO.CCOP(=O)([O-])OC.CCOP(=O)([O-])OC.CCOP(=O)([O-])OC.CCOP(=O)([O-])OC(C)C.CO.COP(=O)([O-])OC(C)C.[CH2-]C.[CH2-]C.[CH2-]C.[CH2-]C.[CH2-]C.[CH2-]C.[CH3-].[CH3-].[CH3-].[CH3-].[CH3-].[CH3-].[Y].[Y].[Y].[Y].[Y].[Y]. The summed E-state index contributed by atoms with van der Waals surface area (Å²) < 4.78 is 102. The van der Waals surface area contributed by atoms with Gasteiger partial charge in [0, 0.05) is 260 Å². The first-order chi connectivity index (χ1) is 39.8. The van der Waals surface area contributed by atoms with E-state index in [0.717, 1.165) is 35.5 Å². The van der Waals surface area contributed by atoms with Crippen molar-refractivity contribution in [2.24, 2.45) is 0 Å². The Morgan fingerprint density at radius 2 is 0.412 bits per heavy atom. The Labute approximate surface area is 798 Å². The molecule has 2 N–H and O–H groups in total. The predicted molar refractivity (Wildman–Crippen MR) is 426 cm³/mol. The van der Waals surface area contributed by atoms with Crippen LogP contribution in [0, 0.1) is 86.1 Å². The molecule has 6 atom stereocenters. The quantitative estimate of drug-likeness (QED) is 0.0896. The van der Waals surface area contributed by atoms with E-state index in [1.807, 2.05) is 0 Å². The van der Waals surface area contributed by atoms with Gasteiger partial charge in [-0.1, -0.05) is 158 Å². The van der Waals surface area contributed by atoms with Crippen molar-refractivity contribution in [2.75, 3.05) is 82.3 Å². The fourth-order valence-electron chi connectivity index (χ4n) is 1.63. The number of phosphoric ester groups is 5. The Balaban J connectivity index is -0.0000000135. The molecule has 0 saturated carbocycles. The molecule has 0 rings (SSSR count). The molecule has 0 saturated heterocycles. The van der Waals surface area contributed by atoms with Gasteiger partial charge in [-0.2, -0.15) is 41.5 Å². The van der Waals surface area contributed by atoms with Gasteiger partial charge in [0.15, 0.2) is 0 Å². The molecule has 37 heteroatoms. The largest absolute Gasteiger partial charge is 0.789 e. The van der Waals surface area contributed by atoms with E-state index in [2.05, 4.69) is 185 Å². The number of hydrogen-bond acceptors (Lipinski definition) is 25. The summed E-state index contributed by atoms with van der Waals surface area (Å²) in [5.41, 5.74) is 0. The fourth-order valence-corrected chi connectivity index (χ4v) is 4.89. The summed E-state index contributed by atoms with van der Waals surface area (Å²) in [5, 5.41) is 14.6. The summed E-state index contributed by atoms with van der Waals surface area (Å²) in [7, 11) is -16.1. The van der Waals surface area contributed by atoms with E-state index in [1.165, 1.54) is 45.6 Å². The van der Waals surface area contributed by atoms with Crippen LogP contribution in [0.3, 0.4) is 0 Å². The Bertz CT molecular complexity index is 1150. The van der Waals surface area contributed by atoms with E-state index < -0.39 is 46.7 Å². The molecule has 0 aromatic rings. The van der Waals surface area contributed by atoms with Crippen molar-refractivity contribution in [3.05, 3.63) is 86.1 Å². The van der Waals surface area contributed by atoms with E-state index in [-0.39, 0.29) is 316 Å². The van der Waals surface area contributed by atoms with Crippen molar-refractivity contribution in [3.63, 3.8) is 0 Å². The molecule has 6 unspecified atom stereocenters. The second-order valence-electron chi connectivity index (χ2n) is 12.7. The monoisotopic (exact) mass is 2080 g/mol. The second kappa shape index (κ2) is 232. The zero-order chi connectivity index (χ0) is 75.1. The molecule has 0 heterocycles. The molecule has 0 amide bonds. The Morgan fingerprint density at radius 3 is 0.471 bits per heavy atom. The third-order valence-electron chi connectivity index (χ3n) is 3.33. The van der Waals surface area contributed by atoms with E-state index in [0.29, 0.717) is 6.61 Å². The minimum atomic E-state index is -4.00. The van der Waals surface area contributed by atoms with Crippen molar-refractivity contribution >= 4 is 53.0 Å². The van der Waals surface area contributed by atoms with Crippen LogP contribution in [-0.4, -0.2) is 111 Å². The normalized spacial score (nSPS) is 10.5. The van der Waals surface area contributed by atoms with Gasteiger partial charge in [-0.05, 0) is 69.2 Å². The molecule has 102 heavy (non-hydrogen) atoms. The van der Waals surface area contributed by atoms with Crippen LogP contribution in [0.4, 0.5) is 0 Å². The maximum Gasteiger partial charge on any atom is 0.268 e. The smallest absolute Gasteiger partial charge is 0.268 e. The zero-order valence-electron chi connectivity index (χ0n) is 71.0. The molecule has 25 nitrogen and oxygen atoms in total. The van der Waals surface area contributed by atoms with Crippen LogP contribution in [0.25, 0.3) is 0 Å². The summed E-state index contributed by atoms with van der Waals surface area (Å²) in [6.45, 7) is 72.8. The van der Waals surface area contributed by atoms with E-state index in [4.69, 9.17) is 10.2 Å². The van der Waals surface area contributed by atoms with Crippen LogP contribution in [0.15, 0.2) is 0 Å². The minimum absolute atomic E-state index is 0. The molecule has 0 aliphatic carbocycles. The number of rotatable bonds is 19. The number of phosphoric acid groups is 5. The number of aliphatic hydroxyl groups excluding tert-OH is 2. The maximum atomic E-state index is 10.6. The topological polar surface area (TPSA) is 375 Å². The van der Waals surface area contributed by atoms with Crippen LogP contribution in [0.2, 0.25) is 0 Å². The number of hydrogen-bond donors (Lipinski definition) is 2. The maximum absolute atomic E-state index is 10.6. The van der Waals surface area contributed by atoms with Crippen LogP contribution >= 0.6 is 46.7 Å². The molecule has 0 aliphatic rings. The van der Waals surface area contributed by atoms with Gasteiger partial charge in [-0.15, -0.1) is 0 Å². The molecule has 0 aromatic carbocycles. The molecule has 0 aliphatic heterocycles. The first kappa shape index (κ1) is 239. The van der Waals surface area contributed by atoms with Gasteiger partial charge in [0.2, 0.25) is 0 Å². The van der Waals surface area contributed by atoms with Crippen molar-refractivity contribution < 1.29 is 313 Å². The number of aliphatic hydroxyl groups is 2. The zero-order valence-corrected chi connectivity index (χ0v) is 93.4.